The number of benzene rings is 2. The molecule has 5 rings (SSSR count). The van der Waals surface area contributed by atoms with Gasteiger partial charge >= 0.3 is 5.76 Å². The lowest BCUT2D eigenvalue weighted by Gasteiger charge is -2.43. The molecule has 1 fully saturated rings. The maximum atomic E-state index is 15.7. The number of alkyl halides is 3. The van der Waals surface area contributed by atoms with Gasteiger partial charge in [-0.3, -0.25) is 19.2 Å². The average Bonchev–Trinajstić information content (AvgIpc) is 3.43. The van der Waals surface area contributed by atoms with Crippen molar-refractivity contribution in [1.82, 2.24) is 14.8 Å². The number of likely N-dealkylation sites (tertiary alicyclic amines) is 1. The second-order valence-electron chi connectivity index (χ2n) is 10.4. The zero-order valence-electron chi connectivity index (χ0n) is 21.2. The highest BCUT2D eigenvalue weighted by molar-refractivity contribution is 5.78. The van der Waals surface area contributed by atoms with Gasteiger partial charge in [0.05, 0.1) is 24.8 Å². The molecule has 2 aliphatic rings. The van der Waals surface area contributed by atoms with Crippen molar-refractivity contribution in [3.8, 4) is 5.75 Å². The smallest absolute Gasteiger partial charge is 0.417 e. The van der Waals surface area contributed by atoms with Crippen LogP contribution in [0, 0.1) is 11.6 Å². The quantitative estimate of drug-likeness (QED) is 0.399. The molecule has 1 N–H and O–H groups in total. The van der Waals surface area contributed by atoms with Crippen LogP contribution in [0.2, 0.25) is 0 Å². The number of hydrogen-bond acceptors (Lipinski definition) is 5. The fourth-order valence-electron chi connectivity index (χ4n) is 5.75. The van der Waals surface area contributed by atoms with Gasteiger partial charge in [-0.15, -0.1) is 0 Å². The SMILES string of the molecule is C[C@@H]1Cc2c(ccc3[nH]c(=O)oc23)[C@@H](c2c(F)cc(O[C@H]3CCN(CCCF)C3)cc2F)N1CC(C)(F)F. The molecule has 0 amide bonds. The Kier molecular flexibility index (Phi) is 7.25. The molecule has 3 heterocycles. The summed E-state index contributed by atoms with van der Waals surface area (Å²) in [7, 11) is 0. The molecule has 1 saturated heterocycles. The first-order chi connectivity index (χ1) is 18.0. The number of aromatic nitrogens is 1. The van der Waals surface area contributed by atoms with Gasteiger partial charge in [-0.25, -0.2) is 22.4 Å². The third-order valence-corrected chi connectivity index (χ3v) is 7.35. The summed E-state index contributed by atoms with van der Waals surface area (Å²) >= 11 is 0. The maximum Gasteiger partial charge on any atom is 0.417 e. The number of nitrogens with one attached hydrogen (secondary N) is 1. The molecule has 0 aliphatic carbocycles. The number of oxazole rings is 1. The van der Waals surface area contributed by atoms with Gasteiger partial charge in [0.15, 0.2) is 5.58 Å². The van der Waals surface area contributed by atoms with Gasteiger partial charge < -0.3 is 9.15 Å². The van der Waals surface area contributed by atoms with Gasteiger partial charge in [0.2, 0.25) is 0 Å². The van der Waals surface area contributed by atoms with Crippen molar-refractivity contribution < 1.29 is 31.1 Å². The summed E-state index contributed by atoms with van der Waals surface area (Å²) < 4.78 is 83.5. The van der Waals surface area contributed by atoms with Crippen LogP contribution in [0.15, 0.2) is 33.5 Å². The molecule has 11 heteroatoms. The van der Waals surface area contributed by atoms with Gasteiger partial charge in [-0.2, -0.15) is 0 Å². The van der Waals surface area contributed by atoms with Gasteiger partial charge in [0.25, 0.3) is 5.92 Å². The van der Waals surface area contributed by atoms with E-state index >= 15 is 8.78 Å². The number of H-pyrrole nitrogens is 1. The lowest BCUT2D eigenvalue weighted by atomic mass is 9.84. The predicted octanol–water partition coefficient (Wildman–Crippen LogP) is 5.20. The molecular weight excluding hydrogens is 509 g/mol. The monoisotopic (exact) mass is 539 g/mol. The van der Waals surface area contributed by atoms with E-state index < -0.39 is 48.6 Å². The molecule has 0 spiro atoms. The van der Waals surface area contributed by atoms with E-state index in [1.807, 2.05) is 4.90 Å². The molecule has 0 unspecified atom stereocenters. The largest absolute Gasteiger partial charge is 0.489 e. The van der Waals surface area contributed by atoms with Crippen LogP contribution in [0.3, 0.4) is 0 Å². The minimum absolute atomic E-state index is 0.00428. The third-order valence-electron chi connectivity index (χ3n) is 7.35. The zero-order valence-corrected chi connectivity index (χ0v) is 21.2. The maximum absolute atomic E-state index is 15.7. The van der Waals surface area contributed by atoms with Crippen LogP contribution >= 0.6 is 0 Å². The summed E-state index contributed by atoms with van der Waals surface area (Å²) in [5.74, 6) is -5.63. The van der Waals surface area contributed by atoms with Crippen LogP contribution in [0.4, 0.5) is 22.0 Å². The molecular formula is C27H30F5N3O3. The van der Waals surface area contributed by atoms with Crippen LogP contribution in [-0.4, -0.2) is 65.7 Å². The Morgan fingerprint density at radius 2 is 1.95 bits per heavy atom. The number of halogens is 5. The number of aromatic amines is 1. The second kappa shape index (κ2) is 10.3. The zero-order chi connectivity index (χ0) is 27.2. The Morgan fingerprint density at radius 1 is 1.21 bits per heavy atom. The lowest BCUT2D eigenvalue weighted by molar-refractivity contribution is -0.0370. The van der Waals surface area contributed by atoms with E-state index in [-0.39, 0.29) is 29.4 Å². The highest BCUT2D eigenvalue weighted by Gasteiger charge is 2.41. The van der Waals surface area contributed by atoms with E-state index in [2.05, 4.69) is 4.98 Å². The first-order valence-electron chi connectivity index (χ1n) is 12.8. The van der Waals surface area contributed by atoms with Crippen molar-refractivity contribution in [2.24, 2.45) is 0 Å². The highest BCUT2D eigenvalue weighted by Crippen LogP contribution is 2.43. The van der Waals surface area contributed by atoms with E-state index in [4.69, 9.17) is 9.15 Å². The van der Waals surface area contributed by atoms with Crippen LogP contribution in [-0.2, 0) is 6.42 Å². The minimum Gasteiger partial charge on any atom is -0.489 e. The number of ether oxygens (including phenoxy) is 1. The molecule has 2 aromatic carbocycles. The summed E-state index contributed by atoms with van der Waals surface area (Å²) in [5.41, 5.74) is 1.26. The van der Waals surface area contributed by atoms with Crippen molar-refractivity contribution in [2.75, 3.05) is 32.9 Å². The van der Waals surface area contributed by atoms with Crippen molar-refractivity contribution in [1.29, 1.82) is 0 Å². The van der Waals surface area contributed by atoms with Crippen molar-refractivity contribution in [3.05, 3.63) is 63.1 Å². The number of fused-ring (bicyclic) bond motifs is 3. The molecule has 206 valence electrons. The van der Waals surface area contributed by atoms with Crippen molar-refractivity contribution in [3.63, 3.8) is 0 Å². The summed E-state index contributed by atoms with van der Waals surface area (Å²) in [6.45, 7) is 3.15. The van der Waals surface area contributed by atoms with Crippen molar-refractivity contribution in [2.45, 2.75) is 57.2 Å². The normalized spacial score (nSPS) is 22.8. The average molecular weight is 540 g/mol. The van der Waals surface area contributed by atoms with Gasteiger partial charge in [0, 0.05) is 55.9 Å². The Morgan fingerprint density at radius 3 is 2.63 bits per heavy atom. The molecule has 0 saturated carbocycles. The summed E-state index contributed by atoms with van der Waals surface area (Å²) in [4.78, 5) is 17.8. The Hall–Kier alpha value is -2.92. The molecule has 38 heavy (non-hydrogen) atoms. The van der Waals surface area contributed by atoms with E-state index in [0.29, 0.717) is 49.1 Å². The fourth-order valence-corrected chi connectivity index (χ4v) is 5.75. The minimum atomic E-state index is -3.12. The number of rotatable bonds is 8. The van der Waals surface area contributed by atoms with Crippen LogP contribution in [0.5, 0.6) is 5.75 Å². The third kappa shape index (κ3) is 5.31. The van der Waals surface area contributed by atoms with Crippen LogP contribution in [0.25, 0.3) is 11.1 Å². The molecule has 2 aliphatic heterocycles. The van der Waals surface area contributed by atoms with Gasteiger partial charge in [0.1, 0.15) is 23.5 Å². The number of hydrogen-bond donors (Lipinski definition) is 1. The summed E-state index contributed by atoms with van der Waals surface area (Å²) in [5, 5.41) is 0. The van der Waals surface area contributed by atoms with Crippen molar-refractivity contribution >= 4 is 11.1 Å². The first kappa shape index (κ1) is 26.7. The number of nitrogens with zero attached hydrogens (tertiary/aromatic N) is 2. The van der Waals surface area contributed by atoms with Crippen LogP contribution < -0.4 is 10.5 Å². The fraction of sp³-hybridized carbons (Fsp3) is 0.519. The molecule has 1 aromatic heterocycles. The molecule has 3 aromatic rings. The topological polar surface area (TPSA) is 61.7 Å². The Labute approximate surface area is 216 Å². The second-order valence-corrected chi connectivity index (χ2v) is 10.4. The van der Waals surface area contributed by atoms with Crippen LogP contribution in [0.1, 0.15) is 49.4 Å². The summed E-state index contributed by atoms with van der Waals surface area (Å²) in [6.07, 6.45) is 1.01. The highest BCUT2D eigenvalue weighted by atomic mass is 19.3. The van der Waals surface area contributed by atoms with Gasteiger partial charge in [-0.05, 0) is 37.8 Å². The van der Waals surface area contributed by atoms with Gasteiger partial charge in [-0.1, -0.05) is 6.07 Å². The lowest BCUT2D eigenvalue weighted by Crippen LogP contribution is -2.48. The standard InChI is InChI=1S/C27H30F5N3O3/c1-15-10-19-18(4-5-22-25(19)38-26(36)33-22)24(35(15)14-27(2,31)32)23-20(29)11-17(12-21(23)30)37-16-6-9-34(13-16)8-3-7-28/h4-5,11-12,15-16,24H,3,6-10,13-14H2,1-2H3,(H,33,36)/t15-,16+,24+/m1/s1. The molecule has 0 bridgehead atoms. The predicted molar refractivity (Wildman–Crippen MR) is 132 cm³/mol. The molecule has 3 atom stereocenters. The van der Waals surface area contributed by atoms with E-state index in [1.165, 1.54) is 4.90 Å². The van der Waals surface area contributed by atoms with E-state index in [1.54, 1.807) is 19.1 Å². The van der Waals surface area contributed by atoms with E-state index in [0.717, 1.165) is 19.1 Å². The molecule has 0 radical (unpaired) electrons. The van der Waals surface area contributed by atoms with E-state index in [9.17, 15) is 18.0 Å². The summed E-state index contributed by atoms with van der Waals surface area (Å²) in [6, 6.07) is 3.59. The first-order valence-corrected chi connectivity index (χ1v) is 12.8. The molecule has 6 nitrogen and oxygen atoms in total. The Balaban J connectivity index is 1.52. The Bertz CT molecular complexity index is 1350.